The van der Waals surface area contributed by atoms with Crippen LogP contribution in [0.2, 0.25) is 0 Å². The molecule has 1 saturated heterocycles. The number of carbonyl (C=O) groups is 3. The molecular formula is C24H34N8O4. The number of likely N-dealkylation sites (tertiary alicyclic amines) is 1. The number of fused-ring (bicyclic) bond motifs is 1. The number of rotatable bonds is 6. The van der Waals surface area contributed by atoms with Gasteiger partial charge in [-0.05, 0) is 18.3 Å². The lowest BCUT2D eigenvalue weighted by Crippen LogP contribution is -2.50. The van der Waals surface area contributed by atoms with E-state index < -0.39 is 23.6 Å². The minimum Gasteiger partial charge on any atom is -0.391 e. The molecule has 12 heteroatoms. The first-order valence-electron chi connectivity index (χ1n) is 12.5. The summed E-state index contributed by atoms with van der Waals surface area (Å²) < 4.78 is 3.26. The number of hydrogen-bond donors (Lipinski definition) is 2. The van der Waals surface area contributed by atoms with E-state index >= 15 is 0 Å². The number of hydrogen-bond acceptors (Lipinski definition) is 7. The molecule has 3 aliphatic rings. The first kappa shape index (κ1) is 24.4. The van der Waals surface area contributed by atoms with Gasteiger partial charge in [-0.3, -0.25) is 19.1 Å². The lowest BCUT2D eigenvalue weighted by Gasteiger charge is -2.34. The van der Waals surface area contributed by atoms with Crippen LogP contribution in [-0.4, -0.2) is 89.7 Å². The Morgan fingerprint density at radius 2 is 2.00 bits per heavy atom. The summed E-state index contributed by atoms with van der Waals surface area (Å²) in [6, 6.07) is -1.50. The minimum absolute atomic E-state index is 0.0696. The summed E-state index contributed by atoms with van der Waals surface area (Å²) in [7, 11) is 1.74. The van der Waals surface area contributed by atoms with Crippen molar-refractivity contribution >= 4 is 17.7 Å². The van der Waals surface area contributed by atoms with Crippen molar-refractivity contribution in [1.82, 2.24) is 39.9 Å². The summed E-state index contributed by atoms with van der Waals surface area (Å²) in [5.74, 6) is -0.377. The zero-order valence-corrected chi connectivity index (χ0v) is 21.2. The number of aliphatic hydroxyl groups is 1. The predicted molar refractivity (Wildman–Crippen MR) is 128 cm³/mol. The van der Waals surface area contributed by atoms with Gasteiger partial charge in [0.2, 0.25) is 11.8 Å². The third kappa shape index (κ3) is 4.49. The molecule has 3 atom stereocenters. The van der Waals surface area contributed by atoms with Crippen LogP contribution in [-0.2, 0) is 22.7 Å². The molecule has 0 radical (unpaired) electrons. The highest BCUT2D eigenvalue weighted by Crippen LogP contribution is 2.40. The first-order chi connectivity index (χ1) is 17.0. The molecular weight excluding hydrogens is 464 g/mol. The smallest absolute Gasteiger partial charge is 0.272 e. The van der Waals surface area contributed by atoms with Crippen molar-refractivity contribution in [2.45, 2.75) is 77.2 Å². The number of carbonyl (C=O) groups excluding carboxylic acids is 3. The average Bonchev–Trinajstić information content (AvgIpc) is 3.22. The van der Waals surface area contributed by atoms with Crippen LogP contribution >= 0.6 is 0 Å². The zero-order chi connectivity index (χ0) is 25.8. The van der Waals surface area contributed by atoms with Gasteiger partial charge in [0, 0.05) is 50.8 Å². The van der Waals surface area contributed by atoms with Gasteiger partial charge in [-0.2, -0.15) is 5.10 Å². The lowest BCUT2D eigenvalue weighted by atomic mass is 9.85. The molecule has 12 nitrogen and oxygen atoms in total. The molecule has 2 aromatic rings. The normalized spacial score (nSPS) is 23.1. The van der Waals surface area contributed by atoms with Crippen molar-refractivity contribution < 1.29 is 19.5 Å². The third-order valence-electron chi connectivity index (χ3n) is 7.27. The van der Waals surface area contributed by atoms with Gasteiger partial charge in [-0.1, -0.05) is 26.0 Å². The third-order valence-corrected chi connectivity index (χ3v) is 7.27. The number of amides is 3. The molecule has 1 aliphatic carbocycles. The summed E-state index contributed by atoms with van der Waals surface area (Å²) in [5.41, 5.74) is 1.48. The fraction of sp³-hybridized carbons (Fsp3) is 0.667. The van der Waals surface area contributed by atoms with Gasteiger partial charge in [0.1, 0.15) is 17.8 Å². The molecule has 2 aromatic heterocycles. The topological polar surface area (TPSA) is 138 Å². The van der Waals surface area contributed by atoms with Crippen molar-refractivity contribution in [2.24, 2.45) is 5.41 Å². The van der Waals surface area contributed by atoms with Gasteiger partial charge in [0.15, 0.2) is 0 Å². The quantitative estimate of drug-likeness (QED) is 0.584. The maximum absolute atomic E-state index is 13.8. The number of aromatic nitrogens is 5. The van der Waals surface area contributed by atoms with E-state index in [1.165, 1.54) is 4.90 Å². The average molecular weight is 499 g/mol. The molecule has 2 N–H and O–H groups in total. The van der Waals surface area contributed by atoms with Gasteiger partial charge in [-0.25, -0.2) is 4.68 Å². The summed E-state index contributed by atoms with van der Waals surface area (Å²) in [5, 5.41) is 26.1. The van der Waals surface area contributed by atoms with Crippen LogP contribution in [0.1, 0.15) is 73.7 Å². The Labute approximate surface area is 209 Å². The molecule has 3 amide bonds. The molecule has 194 valence electrons. The highest BCUT2D eigenvalue weighted by molar-refractivity contribution is 5.95. The van der Waals surface area contributed by atoms with E-state index in [1.807, 2.05) is 27.0 Å². The Balaban J connectivity index is 1.32. The highest BCUT2D eigenvalue weighted by Gasteiger charge is 2.45. The van der Waals surface area contributed by atoms with Crippen LogP contribution in [0.4, 0.5) is 0 Å². The summed E-state index contributed by atoms with van der Waals surface area (Å²) in [4.78, 5) is 42.8. The molecule has 36 heavy (non-hydrogen) atoms. The van der Waals surface area contributed by atoms with Gasteiger partial charge in [0.05, 0.1) is 24.5 Å². The van der Waals surface area contributed by atoms with Crippen LogP contribution in [0.25, 0.3) is 0 Å². The van der Waals surface area contributed by atoms with Gasteiger partial charge in [0.25, 0.3) is 5.91 Å². The Morgan fingerprint density at radius 3 is 2.69 bits per heavy atom. The molecule has 2 aliphatic heterocycles. The van der Waals surface area contributed by atoms with Crippen LogP contribution in [0, 0.1) is 5.41 Å². The maximum atomic E-state index is 13.8. The molecule has 5 rings (SSSR count). The summed E-state index contributed by atoms with van der Waals surface area (Å²) >= 11 is 0. The van der Waals surface area contributed by atoms with E-state index in [2.05, 4.69) is 20.7 Å². The maximum Gasteiger partial charge on any atom is 0.272 e. The van der Waals surface area contributed by atoms with E-state index in [-0.39, 0.29) is 37.2 Å². The van der Waals surface area contributed by atoms with E-state index in [9.17, 15) is 19.5 Å². The number of nitrogens with one attached hydrogen (secondary N) is 1. The standard InChI is InChI=1S/C24H34N8O4/c1-24(2,3)20(32-13-17(27-28-32)14-5-6-14)23(36)30-12-16(33)9-18(30)21(34)25-10-15-11-26-31-8-7-29(4)22(35)19(15)31/h11,13-14,16,18,20,33H,5-10,12H2,1-4H3,(H,25,34)/t16?,18?,20-/m1/s1. The van der Waals surface area contributed by atoms with Crippen LogP contribution < -0.4 is 5.32 Å². The second-order valence-corrected chi connectivity index (χ2v) is 11.2. The SMILES string of the molecule is CN1CCn2ncc(CNC(=O)C3CC(O)CN3C(=O)[C@@H](n3cc(C4CC4)nn3)C(C)(C)C)c2C1=O. The molecule has 2 fully saturated rings. The second-order valence-electron chi connectivity index (χ2n) is 11.2. The van der Waals surface area contributed by atoms with Crippen molar-refractivity contribution in [3.05, 3.63) is 29.3 Å². The van der Waals surface area contributed by atoms with Gasteiger partial charge < -0.3 is 20.2 Å². The molecule has 0 bridgehead atoms. The molecule has 1 saturated carbocycles. The Hall–Kier alpha value is -3.28. The zero-order valence-electron chi connectivity index (χ0n) is 21.2. The second kappa shape index (κ2) is 8.99. The minimum atomic E-state index is -0.825. The van der Waals surface area contributed by atoms with Crippen LogP contribution in [0.15, 0.2) is 12.4 Å². The Morgan fingerprint density at radius 1 is 1.25 bits per heavy atom. The van der Waals surface area contributed by atoms with E-state index in [4.69, 9.17) is 0 Å². The van der Waals surface area contributed by atoms with Gasteiger partial charge >= 0.3 is 0 Å². The van der Waals surface area contributed by atoms with Crippen LogP contribution in [0.3, 0.4) is 0 Å². The first-order valence-corrected chi connectivity index (χ1v) is 12.5. The van der Waals surface area contributed by atoms with E-state index in [0.717, 1.165) is 18.5 Å². The number of likely N-dealkylation sites (N-methyl/N-ethyl adjacent to an activating group) is 1. The highest BCUT2D eigenvalue weighted by atomic mass is 16.3. The van der Waals surface area contributed by atoms with Gasteiger partial charge in [-0.15, -0.1) is 5.10 Å². The number of nitrogens with zero attached hydrogens (tertiary/aromatic N) is 7. The fourth-order valence-corrected chi connectivity index (χ4v) is 5.12. The van der Waals surface area contributed by atoms with Crippen molar-refractivity contribution in [3.8, 4) is 0 Å². The fourth-order valence-electron chi connectivity index (χ4n) is 5.12. The largest absolute Gasteiger partial charge is 0.391 e. The number of β-amino-alcohol motifs (C(OH)–C–C–N with tert-alkyl or cyclic N) is 1. The summed E-state index contributed by atoms with van der Waals surface area (Å²) in [6.45, 7) is 7.21. The van der Waals surface area contributed by atoms with Crippen molar-refractivity contribution in [3.63, 3.8) is 0 Å². The van der Waals surface area contributed by atoms with E-state index in [0.29, 0.717) is 30.3 Å². The number of aliphatic hydroxyl groups excluding tert-OH is 1. The molecule has 0 spiro atoms. The molecule has 4 heterocycles. The monoisotopic (exact) mass is 498 g/mol. The summed E-state index contributed by atoms with van der Waals surface area (Å²) in [6.07, 6.45) is 4.93. The Kier molecular flexibility index (Phi) is 6.09. The molecule has 0 aromatic carbocycles. The lowest BCUT2D eigenvalue weighted by molar-refractivity contribution is -0.144. The van der Waals surface area contributed by atoms with E-state index in [1.54, 1.807) is 27.5 Å². The Bertz CT molecular complexity index is 1180. The van der Waals surface area contributed by atoms with Crippen molar-refractivity contribution in [1.29, 1.82) is 0 Å². The molecule has 2 unspecified atom stereocenters. The van der Waals surface area contributed by atoms with Crippen molar-refractivity contribution in [2.75, 3.05) is 20.1 Å². The predicted octanol–water partition coefficient (Wildman–Crippen LogP) is 0.303. The van der Waals surface area contributed by atoms with Crippen LogP contribution in [0.5, 0.6) is 0 Å².